The second-order valence-corrected chi connectivity index (χ2v) is 9.62. The topological polar surface area (TPSA) is 66.9 Å². The van der Waals surface area contributed by atoms with Crippen molar-refractivity contribution in [3.63, 3.8) is 0 Å². The fourth-order valence-electron chi connectivity index (χ4n) is 3.73. The minimum absolute atomic E-state index is 0.00636. The normalized spacial score (nSPS) is 17.1. The predicted molar refractivity (Wildman–Crippen MR) is 114 cm³/mol. The van der Waals surface area contributed by atoms with Crippen LogP contribution in [0.4, 0.5) is 5.69 Å². The van der Waals surface area contributed by atoms with E-state index >= 15 is 0 Å². The van der Waals surface area contributed by atoms with E-state index in [0.29, 0.717) is 22.9 Å². The summed E-state index contributed by atoms with van der Waals surface area (Å²) < 4.78 is 32.3. The maximum absolute atomic E-state index is 13.0. The molecule has 1 aliphatic heterocycles. The molecule has 1 fully saturated rings. The van der Waals surface area contributed by atoms with Gasteiger partial charge in [0.25, 0.3) is 15.9 Å². The first-order valence-electron chi connectivity index (χ1n) is 9.77. The first-order valence-corrected chi connectivity index (χ1v) is 11.2. The number of piperidine rings is 1. The average Bonchev–Trinajstić information content (AvgIpc) is 2.72. The van der Waals surface area contributed by atoms with Crippen molar-refractivity contribution in [2.24, 2.45) is 5.92 Å². The highest BCUT2D eigenvalue weighted by Crippen LogP contribution is 2.28. The van der Waals surface area contributed by atoms with Crippen molar-refractivity contribution in [2.45, 2.75) is 31.6 Å². The Morgan fingerprint density at radius 1 is 1.17 bits per heavy atom. The fraction of sp³-hybridized carbons (Fsp3) is 0.409. The summed E-state index contributed by atoms with van der Waals surface area (Å²) in [4.78, 5) is 14.9. The summed E-state index contributed by atoms with van der Waals surface area (Å²) in [5.41, 5.74) is 1.88. The second kappa shape index (κ2) is 8.45. The number of amides is 1. The van der Waals surface area contributed by atoms with Crippen molar-refractivity contribution in [3.05, 3.63) is 53.6 Å². The number of benzene rings is 2. The lowest BCUT2D eigenvalue weighted by molar-refractivity contribution is 0.0683. The highest BCUT2D eigenvalue weighted by atomic mass is 32.2. The van der Waals surface area contributed by atoms with E-state index in [9.17, 15) is 13.2 Å². The van der Waals surface area contributed by atoms with E-state index in [1.807, 2.05) is 11.8 Å². The quantitative estimate of drug-likeness (QED) is 0.745. The molecule has 1 amide bonds. The van der Waals surface area contributed by atoms with Crippen LogP contribution in [0.1, 0.15) is 35.7 Å². The summed E-state index contributed by atoms with van der Waals surface area (Å²) in [6.07, 6.45) is 2.17. The van der Waals surface area contributed by atoms with Crippen LogP contribution < -0.4 is 9.04 Å². The molecule has 29 heavy (non-hydrogen) atoms. The molecule has 1 saturated heterocycles. The maximum Gasteiger partial charge on any atom is 0.264 e. The Morgan fingerprint density at radius 2 is 1.86 bits per heavy atom. The smallest absolute Gasteiger partial charge is 0.264 e. The largest absolute Gasteiger partial charge is 0.497 e. The van der Waals surface area contributed by atoms with Gasteiger partial charge in [-0.25, -0.2) is 8.42 Å². The van der Waals surface area contributed by atoms with E-state index in [1.165, 1.54) is 30.6 Å². The van der Waals surface area contributed by atoms with E-state index in [0.717, 1.165) is 31.5 Å². The predicted octanol–water partition coefficient (Wildman–Crippen LogP) is 3.70. The third kappa shape index (κ3) is 4.40. The van der Waals surface area contributed by atoms with Crippen molar-refractivity contribution in [1.29, 1.82) is 0 Å². The molecule has 0 spiro atoms. The van der Waals surface area contributed by atoms with Crippen LogP contribution in [0.3, 0.4) is 0 Å². The number of carbonyl (C=O) groups is 1. The Balaban J connectivity index is 1.84. The number of methoxy groups -OCH3 is 1. The molecule has 6 nitrogen and oxygen atoms in total. The van der Waals surface area contributed by atoms with Gasteiger partial charge in [0, 0.05) is 25.7 Å². The first-order chi connectivity index (χ1) is 13.7. The van der Waals surface area contributed by atoms with E-state index in [1.54, 1.807) is 30.3 Å². The zero-order valence-corrected chi connectivity index (χ0v) is 18.2. The SMILES string of the molecule is COc1ccc(S(=O)(=O)N(C)c2ccc(C(=O)N3CCCC(C)C3)cc2C)cc1. The Kier molecular flexibility index (Phi) is 6.17. The molecule has 2 aromatic rings. The molecule has 0 saturated carbocycles. The van der Waals surface area contributed by atoms with Gasteiger partial charge in [0.05, 0.1) is 17.7 Å². The highest BCUT2D eigenvalue weighted by molar-refractivity contribution is 7.92. The fourth-order valence-corrected chi connectivity index (χ4v) is 4.99. The molecule has 1 aliphatic rings. The van der Waals surface area contributed by atoms with Gasteiger partial charge in [-0.2, -0.15) is 0 Å². The molecule has 1 unspecified atom stereocenters. The standard InChI is InChI=1S/C22H28N2O4S/c1-16-6-5-13-24(15-16)22(25)18-7-12-21(17(2)14-18)23(3)29(26,27)20-10-8-19(28-4)9-11-20/h7-12,14,16H,5-6,13,15H2,1-4H3. The second-order valence-electron chi connectivity index (χ2n) is 7.65. The van der Waals surface area contributed by atoms with Crippen LogP contribution >= 0.6 is 0 Å². The molecule has 0 aliphatic carbocycles. The van der Waals surface area contributed by atoms with Crippen molar-refractivity contribution in [1.82, 2.24) is 4.90 Å². The maximum atomic E-state index is 13.0. The number of hydrogen-bond donors (Lipinski definition) is 0. The molecule has 0 N–H and O–H groups in total. The van der Waals surface area contributed by atoms with Gasteiger partial charge in [0.2, 0.25) is 0 Å². The number of nitrogens with zero attached hydrogens (tertiary/aromatic N) is 2. The summed E-state index contributed by atoms with van der Waals surface area (Å²) in [7, 11) is -0.660. The van der Waals surface area contributed by atoms with Crippen LogP contribution in [0.5, 0.6) is 5.75 Å². The minimum Gasteiger partial charge on any atom is -0.497 e. The Bertz CT molecular complexity index is 986. The first kappa shape index (κ1) is 21.2. The van der Waals surface area contributed by atoms with Gasteiger partial charge in [-0.05, 0) is 73.7 Å². The molecule has 0 radical (unpaired) electrons. The number of anilines is 1. The zero-order valence-electron chi connectivity index (χ0n) is 17.4. The van der Waals surface area contributed by atoms with Crippen LogP contribution in [0.2, 0.25) is 0 Å². The van der Waals surface area contributed by atoms with E-state index in [2.05, 4.69) is 6.92 Å². The van der Waals surface area contributed by atoms with Crippen molar-refractivity contribution >= 4 is 21.6 Å². The monoisotopic (exact) mass is 416 g/mol. The number of rotatable bonds is 5. The molecule has 3 rings (SSSR count). The number of likely N-dealkylation sites (tertiary alicyclic amines) is 1. The Hall–Kier alpha value is -2.54. The van der Waals surface area contributed by atoms with E-state index < -0.39 is 10.0 Å². The van der Waals surface area contributed by atoms with Crippen LogP contribution in [0.25, 0.3) is 0 Å². The zero-order chi connectivity index (χ0) is 21.2. The van der Waals surface area contributed by atoms with Gasteiger partial charge >= 0.3 is 0 Å². The van der Waals surface area contributed by atoms with E-state index in [-0.39, 0.29) is 10.8 Å². The summed E-state index contributed by atoms with van der Waals surface area (Å²) >= 11 is 0. The lowest BCUT2D eigenvalue weighted by atomic mass is 9.99. The summed E-state index contributed by atoms with van der Waals surface area (Å²) in [5, 5.41) is 0. The molecule has 7 heteroatoms. The molecule has 1 heterocycles. The van der Waals surface area contributed by atoms with Crippen LogP contribution in [0.15, 0.2) is 47.4 Å². The molecular formula is C22H28N2O4S. The third-order valence-electron chi connectivity index (χ3n) is 5.45. The van der Waals surface area contributed by atoms with Gasteiger partial charge in [0.15, 0.2) is 0 Å². The minimum atomic E-state index is -3.72. The van der Waals surface area contributed by atoms with Crippen LogP contribution in [-0.4, -0.2) is 46.5 Å². The van der Waals surface area contributed by atoms with Crippen LogP contribution in [-0.2, 0) is 10.0 Å². The van der Waals surface area contributed by atoms with Gasteiger partial charge in [-0.15, -0.1) is 0 Å². The number of carbonyl (C=O) groups excluding carboxylic acids is 1. The Labute approximate surface area is 173 Å². The summed E-state index contributed by atoms with van der Waals surface area (Å²) in [6, 6.07) is 11.5. The molecule has 0 aromatic heterocycles. The lowest BCUT2D eigenvalue weighted by Crippen LogP contribution is -2.39. The summed E-state index contributed by atoms with van der Waals surface area (Å²) in [5.74, 6) is 1.11. The van der Waals surface area contributed by atoms with Gasteiger partial charge in [0.1, 0.15) is 5.75 Å². The molecule has 2 aromatic carbocycles. The number of ether oxygens (including phenoxy) is 1. The highest BCUT2D eigenvalue weighted by Gasteiger charge is 2.25. The number of aryl methyl sites for hydroxylation is 1. The molecule has 156 valence electrons. The van der Waals surface area contributed by atoms with Gasteiger partial charge in [-0.1, -0.05) is 6.92 Å². The molecular weight excluding hydrogens is 388 g/mol. The number of sulfonamides is 1. The van der Waals surface area contributed by atoms with Crippen molar-refractivity contribution < 1.29 is 17.9 Å². The average molecular weight is 417 g/mol. The van der Waals surface area contributed by atoms with Crippen molar-refractivity contribution in [3.8, 4) is 5.75 Å². The van der Waals surface area contributed by atoms with E-state index in [4.69, 9.17) is 4.74 Å². The molecule has 1 atom stereocenters. The summed E-state index contributed by atoms with van der Waals surface area (Å²) in [6.45, 7) is 5.53. The third-order valence-corrected chi connectivity index (χ3v) is 7.23. The van der Waals surface area contributed by atoms with Crippen LogP contribution in [0, 0.1) is 12.8 Å². The number of hydrogen-bond acceptors (Lipinski definition) is 4. The van der Waals surface area contributed by atoms with Gasteiger partial charge < -0.3 is 9.64 Å². The van der Waals surface area contributed by atoms with Gasteiger partial charge in [-0.3, -0.25) is 9.10 Å². The Morgan fingerprint density at radius 3 is 2.45 bits per heavy atom. The van der Waals surface area contributed by atoms with Crippen molar-refractivity contribution in [2.75, 3.05) is 31.6 Å². The molecule has 0 bridgehead atoms. The lowest BCUT2D eigenvalue weighted by Gasteiger charge is -2.31.